The van der Waals surface area contributed by atoms with Gasteiger partial charge >= 0.3 is 11.7 Å². The van der Waals surface area contributed by atoms with Crippen molar-refractivity contribution in [3.63, 3.8) is 0 Å². The van der Waals surface area contributed by atoms with Crippen LogP contribution in [0.25, 0.3) is 11.0 Å². The lowest BCUT2D eigenvalue weighted by atomic mass is 9.92. The minimum atomic E-state index is -0.502. The number of rotatable bonds is 5. The van der Waals surface area contributed by atoms with Crippen LogP contribution >= 0.6 is 11.8 Å². The molecule has 0 amide bonds. The average molecular weight is 394 g/mol. The molecule has 0 radical (unpaired) electrons. The molecule has 0 bridgehead atoms. The van der Waals surface area contributed by atoms with Crippen LogP contribution in [0.15, 0.2) is 14.6 Å². The average Bonchev–Trinajstić information content (AvgIpc) is 2.60. The largest absolute Gasteiger partial charge is 0.468 e. The Morgan fingerprint density at radius 3 is 2.33 bits per heavy atom. The van der Waals surface area contributed by atoms with Gasteiger partial charge in [0.25, 0.3) is 5.56 Å². The number of nitrogens with zero attached hydrogens (tertiary/aromatic N) is 4. The molecule has 0 fully saturated rings. The first-order valence-corrected chi connectivity index (χ1v) is 9.59. The van der Waals surface area contributed by atoms with E-state index < -0.39 is 16.5 Å². The molecule has 2 aromatic rings. The molecule has 2 aromatic heterocycles. The summed E-state index contributed by atoms with van der Waals surface area (Å²) in [7, 11) is 4.32. The van der Waals surface area contributed by atoms with Crippen LogP contribution in [0.3, 0.4) is 0 Å². The van der Waals surface area contributed by atoms with Crippen LogP contribution in [0.2, 0.25) is 0 Å². The molecule has 9 heteroatoms. The molecular weight excluding hydrogens is 368 g/mol. The van der Waals surface area contributed by atoms with E-state index >= 15 is 0 Å². The maximum absolute atomic E-state index is 12.8. The number of esters is 1. The molecule has 0 saturated heterocycles. The molecule has 0 aliphatic heterocycles. The first kappa shape index (κ1) is 21.1. The smallest absolute Gasteiger partial charge is 0.332 e. The lowest BCUT2D eigenvalue weighted by Gasteiger charge is -2.19. The molecule has 0 N–H and O–H groups in total. The predicted molar refractivity (Wildman–Crippen MR) is 105 cm³/mol. The molecule has 8 nitrogen and oxygen atoms in total. The van der Waals surface area contributed by atoms with E-state index in [-0.39, 0.29) is 22.4 Å². The van der Waals surface area contributed by atoms with Crippen molar-refractivity contribution in [2.45, 2.75) is 50.8 Å². The Bertz CT molecular complexity index is 988. The van der Waals surface area contributed by atoms with Gasteiger partial charge in [-0.1, -0.05) is 39.5 Å². The number of thioether (sulfide) groups is 1. The number of aromatic nitrogens is 4. The summed E-state index contributed by atoms with van der Waals surface area (Å²) in [6, 6.07) is 0. The Morgan fingerprint density at radius 2 is 1.81 bits per heavy atom. The number of aryl methyl sites for hydroxylation is 1. The number of ether oxygens (including phenoxy) is 1. The Morgan fingerprint density at radius 1 is 1.19 bits per heavy atom. The second-order valence-electron chi connectivity index (χ2n) is 7.62. The number of hydrogen-bond acceptors (Lipinski definition) is 7. The van der Waals surface area contributed by atoms with Crippen molar-refractivity contribution < 1.29 is 9.53 Å². The fraction of sp³-hybridized carbons (Fsp3) is 0.611. The lowest BCUT2D eigenvalue weighted by Crippen LogP contribution is -2.38. The second-order valence-corrected chi connectivity index (χ2v) is 8.82. The van der Waals surface area contributed by atoms with Gasteiger partial charge in [-0.3, -0.25) is 18.7 Å². The quantitative estimate of drug-likeness (QED) is 0.432. The van der Waals surface area contributed by atoms with Gasteiger partial charge in [0.2, 0.25) is 0 Å². The summed E-state index contributed by atoms with van der Waals surface area (Å²) in [5.41, 5.74) is -0.734. The van der Waals surface area contributed by atoms with E-state index in [4.69, 9.17) is 4.74 Å². The van der Waals surface area contributed by atoms with Crippen molar-refractivity contribution in [2.75, 3.05) is 7.11 Å². The molecule has 2 heterocycles. The van der Waals surface area contributed by atoms with Crippen molar-refractivity contribution in [1.29, 1.82) is 0 Å². The summed E-state index contributed by atoms with van der Waals surface area (Å²) in [5.74, 6) is 0.147. The van der Waals surface area contributed by atoms with Gasteiger partial charge < -0.3 is 4.74 Å². The molecule has 2 rings (SSSR count). The zero-order chi connectivity index (χ0) is 20.5. The molecule has 27 heavy (non-hydrogen) atoms. The lowest BCUT2D eigenvalue weighted by molar-refractivity contribution is -0.140. The van der Waals surface area contributed by atoms with Crippen molar-refractivity contribution >= 4 is 28.8 Å². The first-order valence-electron chi connectivity index (χ1n) is 8.71. The molecule has 0 unspecified atom stereocenters. The highest BCUT2D eigenvalue weighted by atomic mass is 32.2. The van der Waals surface area contributed by atoms with Crippen LogP contribution in [0.5, 0.6) is 0 Å². The molecule has 148 valence electrons. The fourth-order valence-electron chi connectivity index (χ4n) is 2.67. The molecule has 0 aliphatic rings. The van der Waals surface area contributed by atoms with Crippen molar-refractivity contribution in [1.82, 2.24) is 19.1 Å². The minimum absolute atomic E-state index is 0.0826. The van der Waals surface area contributed by atoms with Crippen LogP contribution in [0, 0.1) is 5.41 Å². The summed E-state index contributed by atoms with van der Waals surface area (Å²) in [6.45, 7) is 8.03. The Hall–Kier alpha value is -2.16. The number of fused-ring (bicyclic) bond motifs is 1. The van der Waals surface area contributed by atoms with Crippen LogP contribution < -0.4 is 11.2 Å². The zero-order valence-electron chi connectivity index (χ0n) is 16.8. The van der Waals surface area contributed by atoms with Crippen molar-refractivity contribution in [3.05, 3.63) is 26.7 Å². The van der Waals surface area contributed by atoms with Gasteiger partial charge in [-0.15, -0.1) is 0 Å². The number of methoxy groups -OCH3 is 1. The topological polar surface area (TPSA) is 96.1 Å². The zero-order valence-corrected chi connectivity index (χ0v) is 17.6. The summed E-state index contributed by atoms with van der Waals surface area (Å²) in [4.78, 5) is 46.2. The van der Waals surface area contributed by atoms with E-state index in [1.807, 2.05) is 6.92 Å². The van der Waals surface area contributed by atoms with Crippen LogP contribution in [-0.4, -0.2) is 37.4 Å². The van der Waals surface area contributed by atoms with E-state index in [1.165, 1.54) is 30.5 Å². The highest BCUT2D eigenvalue weighted by molar-refractivity contribution is 8.00. The molecule has 1 atom stereocenters. The summed E-state index contributed by atoms with van der Waals surface area (Å²) < 4.78 is 7.22. The maximum atomic E-state index is 12.8. The predicted octanol–water partition coefficient (Wildman–Crippen LogP) is 1.66. The third-order valence-electron chi connectivity index (χ3n) is 4.09. The van der Waals surface area contributed by atoms with Crippen molar-refractivity contribution in [3.8, 4) is 0 Å². The van der Waals surface area contributed by atoms with Crippen LogP contribution in [0.1, 0.15) is 39.9 Å². The molecular formula is C18H26N4O4S. The number of carbonyl (C=O) groups excluding carboxylic acids is 1. The van der Waals surface area contributed by atoms with Gasteiger partial charge in [0.15, 0.2) is 5.65 Å². The van der Waals surface area contributed by atoms with Gasteiger partial charge in [0.1, 0.15) is 21.5 Å². The van der Waals surface area contributed by atoms with Gasteiger partial charge in [0.05, 0.1) is 7.11 Å². The van der Waals surface area contributed by atoms with Gasteiger partial charge in [-0.25, -0.2) is 14.8 Å². The third kappa shape index (κ3) is 4.40. The standard InChI is InChI=1S/C18H26N4O4S/c1-8-10(16(24)26-7)27-14-12-13(19-11(20-14)9-18(2,3)4)21(5)17(25)22(6)15(12)23/h10H,8-9H2,1-7H3/t10-/m1/s1. The molecule has 0 aliphatic carbocycles. The first-order chi connectivity index (χ1) is 12.5. The van der Waals surface area contributed by atoms with E-state index in [0.29, 0.717) is 23.7 Å². The maximum Gasteiger partial charge on any atom is 0.332 e. The van der Waals surface area contributed by atoms with Crippen LogP contribution in [0.4, 0.5) is 0 Å². The van der Waals surface area contributed by atoms with Gasteiger partial charge in [-0.2, -0.15) is 0 Å². The van der Waals surface area contributed by atoms with Gasteiger partial charge in [-0.05, 0) is 11.8 Å². The second kappa shape index (κ2) is 7.84. The Kier molecular flexibility index (Phi) is 6.14. The molecule has 0 aromatic carbocycles. The summed E-state index contributed by atoms with van der Waals surface area (Å²) in [5, 5.41) is 0.134. The summed E-state index contributed by atoms with van der Waals surface area (Å²) >= 11 is 1.17. The van der Waals surface area contributed by atoms with E-state index in [9.17, 15) is 14.4 Å². The fourth-order valence-corrected chi connectivity index (χ4v) is 3.76. The Labute approximate surface area is 162 Å². The summed E-state index contributed by atoms with van der Waals surface area (Å²) in [6.07, 6.45) is 1.08. The molecule has 0 spiro atoms. The monoisotopic (exact) mass is 394 g/mol. The SMILES string of the molecule is CC[C@@H](Sc1nc(CC(C)(C)C)nc2c1c(=O)n(C)c(=O)n2C)C(=O)OC. The van der Waals surface area contributed by atoms with E-state index in [1.54, 1.807) is 7.05 Å². The Balaban J connectivity index is 2.80. The highest BCUT2D eigenvalue weighted by Crippen LogP contribution is 2.30. The highest BCUT2D eigenvalue weighted by Gasteiger charge is 2.25. The van der Waals surface area contributed by atoms with E-state index in [0.717, 1.165) is 4.57 Å². The molecule has 0 saturated carbocycles. The number of hydrogen-bond donors (Lipinski definition) is 0. The minimum Gasteiger partial charge on any atom is -0.468 e. The number of carbonyl (C=O) groups is 1. The van der Waals surface area contributed by atoms with Crippen LogP contribution in [-0.2, 0) is 30.0 Å². The van der Waals surface area contributed by atoms with E-state index in [2.05, 4.69) is 30.7 Å². The normalized spacial score (nSPS) is 13.0. The third-order valence-corrected chi connectivity index (χ3v) is 5.42. The van der Waals surface area contributed by atoms with Crippen molar-refractivity contribution in [2.24, 2.45) is 19.5 Å². The van der Waals surface area contributed by atoms with Gasteiger partial charge in [0, 0.05) is 20.5 Å².